The van der Waals surface area contributed by atoms with E-state index in [1.807, 2.05) is 6.92 Å². The second-order valence-corrected chi connectivity index (χ2v) is 8.63. The topological polar surface area (TPSA) is 114 Å². The van der Waals surface area contributed by atoms with Crippen LogP contribution in [0.25, 0.3) is 0 Å². The maximum absolute atomic E-state index is 13.2. The van der Waals surface area contributed by atoms with Gasteiger partial charge in [-0.1, -0.05) is 0 Å². The molecule has 0 saturated carbocycles. The Morgan fingerprint density at radius 2 is 1.53 bits per heavy atom. The van der Waals surface area contributed by atoms with Crippen molar-refractivity contribution in [1.29, 1.82) is 0 Å². The molecule has 0 fully saturated rings. The molecule has 3 aromatic rings. The molecule has 34 heavy (non-hydrogen) atoms. The Morgan fingerprint density at radius 3 is 2.15 bits per heavy atom. The summed E-state index contributed by atoms with van der Waals surface area (Å²) in [5.74, 6) is -2.83. The van der Waals surface area contributed by atoms with E-state index in [2.05, 4.69) is 15.4 Å². The van der Waals surface area contributed by atoms with Crippen molar-refractivity contribution in [2.75, 3.05) is 23.2 Å². The van der Waals surface area contributed by atoms with Crippen molar-refractivity contribution < 1.29 is 31.5 Å². The number of sulfonamides is 1. The van der Waals surface area contributed by atoms with Gasteiger partial charge in [-0.2, -0.15) is 0 Å². The summed E-state index contributed by atoms with van der Waals surface area (Å²) in [6.07, 6.45) is 0. The number of ether oxygens (including phenoxy) is 1. The number of benzene rings is 3. The number of anilines is 2. The molecule has 3 aromatic carbocycles. The second-order valence-electron chi connectivity index (χ2n) is 6.95. The molecular formula is C23H21F2N3O5S. The van der Waals surface area contributed by atoms with Crippen LogP contribution in [0.4, 0.5) is 20.2 Å². The van der Waals surface area contributed by atoms with Crippen molar-refractivity contribution in [3.63, 3.8) is 0 Å². The molecule has 178 valence electrons. The van der Waals surface area contributed by atoms with Crippen LogP contribution < -0.4 is 20.1 Å². The molecule has 0 unspecified atom stereocenters. The minimum absolute atomic E-state index is 0.0349. The SMILES string of the molecule is CCOc1ccc(NS(=O)(=O)c2ccc(C(=O)NCC(=O)Nc3ccc(F)c(F)c3)cc2)cc1. The lowest BCUT2D eigenvalue weighted by Gasteiger charge is -2.10. The summed E-state index contributed by atoms with van der Waals surface area (Å²) in [4.78, 5) is 24.1. The number of rotatable bonds is 9. The first-order valence-corrected chi connectivity index (χ1v) is 11.5. The molecule has 0 saturated heterocycles. The molecule has 0 atom stereocenters. The highest BCUT2D eigenvalue weighted by Crippen LogP contribution is 2.20. The maximum Gasteiger partial charge on any atom is 0.261 e. The fraction of sp³-hybridized carbons (Fsp3) is 0.130. The quantitative estimate of drug-likeness (QED) is 0.426. The average molecular weight is 490 g/mol. The molecule has 3 N–H and O–H groups in total. The molecule has 0 bridgehead atoms. The highest BCUT2D eigenvalue weighted by Gasteiger charge is 2.16. The van der Waals surface area contributed by atoms with E-state index in [0.29, 0.717) is 18.0 Å². The van der Waals surface area contributed by atoms with Gasteiger partial charge in [0.05, 0.1) is 18.0 Å². The Hall–Kier alpha value is -3.99. The van der Waals surface area contributed by atoms with Gasteiger partial charge in [-0.3, -0.25) is 14.3 Å². The molecule has 8 nitrogen and oxygen atoms in total. The number of carbonyl (C=O) groups is 2. The molecular weight excluding hydrogens is 468 g/mol. The third kappa shape index (κ3) is 6.51. The number of amides is 2. The van der Waals surface area contributed by atoms with Crippen molar-refractivity contribution in [3.05, 3.63) is 83.9 Å². The lowest BCUT2D eigenvalue weighted by atomic mass is 10.2. The summed E-state index contributed by atoms with van der Waals surface area (Å²) < 4.78 is 59.1. The summed E-state index contributed by atoms with van der Waals surface area (Å²) >= 11 is 0. The highest BCUT2D eigenvalue weighted by molar-refractivity contribution is 7.92. The van der Waals surface area contributed by atoms with E-state index >= 15 is 0 Å². The summed E-state index contributed by atoms with van der Waals surface area (Å²) in [5, 5.41) is 4.69. The van der Waals surface area contributed by atoms with Gasteiger partial charge in [-0.25, -0.2) is 17.2 Å². The van der Waals surface area contributed by atoms with E-state index in [-0.39, 0.29) is 16.1 Å². The van der Waals surface area contributed by atoms with E-state index in [1.54, 1.807) is 24.3 Å². The third-order valence-corrected chi connectivity index (χ3v) is 5.85. The van der Waals surface area contributed by atoms with Crippen LogP contribution in [0.15, 0.2) is 71.6 Å². The van der Waals surface area contributed by atoms with Crippen LogP contribution in [0.1, 0.15) is 17.3 Å². The Morgan fingerprint density at radius 1 is 0.882 bits per heavy atom. The first kappa shape index (κ1) is 24.6. The highest BCUT2D eigenvalue weighted by atomic mass is 32.2. The number of halogens is 2. The predicted octanol–water partition coefficient (Wildman–Crippen LogP) is 3.53. The van der Waals surface area contributed by atoms with Gasteiger partial charge in [-0.05, 0) is 67.6 Å². The van der Waals surface area contributed by atoms with Crippen LogP contribution in [0.5, 0.6) is 5.75 Å². The van der Waals surface area contributed by atoms with Gasteiger partial charge in [0.25, 0.3) is 15.9 Å². The van der Waals surface area contributed by atoms with E-state index in [4.69, 9.17) is 4.74 Å². The Kier molecular flexibility index (Phi) is 7.79. The van der Waals surface area contributed by atoms with Gasteiger partial charge in [-0.15, -0.1) is 0 Å². The minimum atomic E-state index is -3.89. The summed E-state index contributed by atoms with van der Waals surface area (Å²) in [5.41, 5.74) is 0.505. The Labute approximate surface area is 195 Å². The fourth-order valence-electron chi connectivity index (χ4n) is 2.83. The van der Waals surface area contributed by atoms with Gasteiger partial charge in [0.1, 0.15) is 5.75 Å². The van der Waals surface area contributed by atoms with Crippen LogP contribution in [0.3, 0.4) is 0 Å². The largest absolute Gasteiger partial charge is 0.494 e. The number of nitrogens with one attached hydrogen (secondary N) is 3. The Balaban J connectivity index is 1.56. The summed E-state index contributed by atoms with van der Waals surface area (Å²) in [6.45, 7) is 1.90. The lowest BCUT2D eigenvalue weighted by molar-refractivity contribution is -0.115. The molecule has 0 aliphatic heterocycles. The van der Waals surface area contributed by atoms with Gasteiger partial charge >= 0.3 is 0 Å². The molecule has 11 heteroatoms. The van der Waals surface area contributed by atoms with Gasteiger partial charge in [0, 0.05) is 23.0 Å². The zero-order chi connectivity index (χ0) is 24.7. The van der Waals surface area contributed by atoms with Crippen LogP contribution in [0.2, 0.25) is 0 Å². The van der Waals surface area contributed by atoms with E-state index in [9.17, 15) is 26.8 Å². The zero-order valence-electron chi connectivity index (χ0n) is 18.0. The normalized spacial score (nSPS) is 10.9. The van der Waals surface area contributed by atoms with E-state index in [0.717, 1.165) is 12.1 Å². The van der Waals surface area contributed by atoms with Crippen LogP contribution >= 0.6 is 0 Å². The van der Waals surface area contributed by atoms with E-state index in [1.165, 1.54) is 30.3 Å². The lowest BCUT2D eigenvalue weighted by Crippen LogP contribution is -2.32. The fourth-order valence-corrected chi connectivity index (χ4v) is 3.89. The first-order chi connectivity index (χ1) is 16.2. The number of hydrogen-bond donors (Lipinski definition) is 3. The summed E-state index contributed by atoms with van der Waals surface area (Å²) in [7, 11) is -3.89. The Bertz CT molecular complexity index is 1280. The first-order valence-electron chi connectivity index (χ1n) is 10.1. The van der Waals surface area contributed by atoms with Crippen molar-refractivity contribution >= 4 is 33.2 Å². The van der Waals surface area contributed by atoms with E-state index < -0.39 is 40.0 Å². The summed E-state index contributed by atoms with van der Waals surface area (Å²) in [6, 6.07) is 14.4. The minimum Gasteiger partial charge on any atom is -0.494 e. The van der Waals surface area contributed by atoms with Gasteiger partial charge in [0.15, 0.2) is 11.6 Å². The molecule has 0 aliphatic rings. The molecule has 3 rings (SSSR count). The predicted molar refractivity (Wildman–Crippen MR) is 122 cm³/mol. The van der Waals surface area contributed by atoms with Crippen molar-refractivity contribution in [2.24, 2.45) is 0 Å². The second kappa shape index (κ2) is 10.8. The maximum atomic E-state index is 13.2. The van der Waals surface area contributed by atoms with Gasteiger partial charge in [0.2, 0.25) is 5.91 Å². The number of hydrogen-bond acceptors (Lipinski definition) is 5. The van der Waals surface area contributed by atoms with Crippen LogP contribution in [-0.2, 0) is 14.8 Å². The molecule has 0 heterocycles. The third-order valence-electron chi connectivity index (χ3n) is 4.46. The molecule has 0 spiro atoms. The van der Waals surface area contributed by atoms with Crippen molar-refractivity contribution in [1.82, 2.24) is 5.32 Å². The van der Waals surface area contributed by atoms with Crippen LogP contribution in [-0.4, -0.2) is 33.4 Å². The molecule has 0 radical (unpaired) electrons. The zero-order valence-corrected chi connectivity index (χ0v) is 18.8. The van der Waals surface area contributed by atoms with Crippen molar-refractivity contribution in [3.8, 4) is 5.75 Å². The standard InChI is InChI=1S/C23H21F2N3O5S/c1-2-33-18-8-5-16(6-9-18)28-34(31,32)19-10-3-15(4-11-19)23(30)26-14-22(29)27-17-7-12-20(24)21(25)13-17/h3-13,28H,2,14H2,1H3,(H,26,30)(H,27,29). The van der Waals surface area contributed by atoms with Crippen molar-refractivity contribution in [2.45, 2.75) is 11.8 Å². The number of carbonyl (C=O) groups excluding carboxylic acids is 2. The smallest absolute Gasteiger partial charge is 0.261 e. The van der Waals surface area contributed by atoms with Gasteiger partial charge < -0.3 is 15.4 Å². The molecule has 0 aliphatic carbocycles. The van der Waals surface area contributed by atoms with Crippen LogP contribution in [0, 0.1) is 11.6 Å². The average Bonchev–Trinajstić information content (AvgIpc) is 2.81. The molecule has 0 aromatic heterocycles. The molecule has 2 amide bonds. The monoisotopic (exact) mass is 489 g/mol.